The zero-order valence-corrected chi connectivity index (χ0v) is 13.4. The fourth-order valence-corrected chi connectivity index (χ4v) is 2.69. The number of aryl methyl sites for hydroxylation is 3. The molecule has 0 saturated heterocycles. The topological polar surface area (TPSA) is 48.1 Å². The summed E-state index contributed by atoms with van der Waals surface area (Å²) in [5, 5.41) is 1.14. The Morgan fingerprint density at radius 2 is 1.64 bits per heavy atom. The van der Waals surface area contributed by atoms with Crippen LogP contribution < -0.4 is 10.5 Å². The average Bonchev–Trinajstić information content (AvgIpc) is 2.48. The van der Waals surface area contributed by atoms with Crippen LogP contribution in [-0.4, -0.2) is 12.1 Å². The smallest absolute Gasteiger partial charge is 0.122 e. The molecule has 0 atom stereocenters. The molecule has 0 aliphatic rings. The number of benzene rings is 2. The van der Waals surface area contributed by atoms with Gasteiger partial charge in [0.05, 0.1) is 18.3 Å². The minimum Gasteiger partial charge on any atom is -0.496 e. The van der Waals surface area contributed by atoms with E-state index in [1.54, 1.807) is 7.11 Å². The van der Waals surface area contributed by atoms with Crippen LogP contribution in [0, 0.1) is 20.8 Å². The van der Waals surface area contributed by atoms with E-state index in [1.165, 1.54) is 11.1 Å². The summed E-state index contributed by atoms with van der Waals surface area (Å²) < 4.78 is 5.40. The zero-order chi connectivity index (χ0) is 15.9. The summed E-state index contributed by atoms with van der Waals surface area (Å²) >= 11 is 0. The van der Waals surface area contributed by atoms with Crippen molar-refractivity contribution in [3.05, 3.63) is 53.1 Å². The summed E-state index contributed by atoms with van der Waals surface area (Å²) in [6, 6.07) is 12.3. The predicted octanol–water partition coefficient (Wildman–Crippen LogP) is 4.42. The highest BCUT2D eigenvalue weighted by molar-refractivity contribution is 5.85. The molecular weight excluding hydrogens is 272 g/mol. The third-order valence-electron chi connectivity index (χ3n) is 4.15. The Bertz CT molecular complexity index is 869. The first-order valence-corrected chi connectivity index (χ1v) is 7.32. The van der Waals surface area contributed by atoms with Gasteiger partial charge < -0.3 is 10.5 Å². The normalized spacial score (nSPS) is 10.9. The van der Waals surface area contributed by atoms with Gasteiger partial charge in [-0.05, 0) is 67.8 Å². The predicted molar refractivity (Wildman–Crippen MR) is 92.4 cm³/mol. The molecule has 1 heterocycles. The first kappa shape index (κ1) is 14.4. The number of nitrogens with zero attached hydrogens (tertiary/aromatic N) is 1. The maximum atomic E-state index is 6.18. The molecule has 3 aromatic rings. The van der Waals surface area contributed by atoms with Crippen molar-refractivity contribution in [3.63, 3.8) is 0 Å². The van der Waals surface area contributed by atoms with Crippen LogP contribution in [0.4, 0.5) is 5.69 Å². The molecule has 0 bridgehead atoms. The Morgan fingerprint density at radius 1 is 0.909 bits per heavy atom. The fourth-order valence-electron chi connectivity index (χ4n) is 2.69. The molecule has 1 aromatic heterocycles. The molecule has 3 heteroatoms. The number of methoxy groups -OCH3 is 1. The van der Waals surface area contributed by atoms with Gasteiger partial charge in [0.1, 0.15) is 5.75 Å². The van der Waals surface area contributed by atoms with Gasteiger partial charge in [-0.1, -0.05) is 6.07 Å². The van der Waals surface area contributed by atoms with Crippen LogP contribution in [0.1, 0.15) is 16.7 Å². The summed E-state index contributed by atoms with van der Waals surface area (Å²) in [5.74, 6) is 0.825. The number of anilines is 1. The molecule has 0 fully saturated rings. The van der Waals surface area contributed by atoms with E-state index in [1.807, 2.05) is 25.1 Å². The van der Waals surface area contributed by atoms with Gasteiger partial charge in [-0.15, -0.1) is 0 Å². The molecule has 22 heavy (non-hydrogen) atoms. The van der Waals surface area contributed by atoms with Gasteiger partial charge in [0.25, 0.3) is 0 Å². The van der Waals surface area contributed by atoms with Crippen molar-refractivity contribution in [1.82, 2.24) is 4.98 Å². The molecule has 0 aliphatic heterocycles. The Labute approximate surface area is 130 Å². The number of rotatable bonds is 2. The van der Waals surface area contributed by atoms with Crippen LogP contribution in [0.15, 0.2) is 36.4 Å². The summed E-state index contributed by atoms with van der Waals surface area (Å²) in [5.41, 5.74) is 13.2. The quantitative estimate of drug-likeness (QED) is 0.711. The SMILES string of the molecule is COc1cc(-c2ccc3cc(C)c(C)cc3n2)c(N)cc1C. The van der Waals surface area contributed by atoms with Gasteiger partial charge in [0.2, 0.25) is 0 Å². The van der Waals surface area contributed by atoms with E-state index in [0.717, 1.165) is 33.5 Å². The molecule has 2 N–H and O–H groups in total. The van der Waals surface area contributed by atoms with Crippen molar-refractivity contribution in [2.45, 2.75) is 20.8 Å². The Hall–Kier alpha value is -2.55. The summed E-state index contributed by atoms with van der Waals surface area (Å²) in [4.78, 5) is 4.78. The molecule has 3 rings (SSSR count). The largest absolute Gasteiger partial charge is 0.496 e. The van der Waals surface area contributed by atoms with Crippen LogP contribution in [0.5, 0.6) is 5.75 Å². The molecule has 112 valence electrons. The molecule has 0 radical (unpaired) electrons. The zero-order valence-electron chi connectivity index (χ0n) is 13.4. The highest BCUT2D eigenvalue weighted by Gasteiger charge is 2.10. The molecule has 0 saturated carbocycles. The third-order valence-corrected chi connectivity index (χ3v) is 4.15. The number of hydrogen-bond donors (Lipinski definition) is 1. The second-order valence-corrected chi connectivity index (χ2v) is 5.73. The summed E-state index contributed by atoms with van der Waals surface area (Å²) in [6.07, 6.45) is 0. The number of pyridine rings is 1. The number of hydrogen-bond acceptors (Lipinski definition) is 3. The van der Waals surface area contributed by atoms with E-state index in [4.69, 9.17) is 15.5 Å². The van der Waals surface area contributed by atoms with Gasteiger partial charge in [0, 0.05) is 16.6 Å². The average molecular weight is 292 g/mol. The fraction of sp³-hybridized carbons (Fsp3) is 0.211. The maximum Gasteiger partial charge on any atom is 0.122 e. The second kappa shape index (κ2) is 5.34. The highest BCUT2D eigenvalue weighted by Crippen LogP contribution is 2.32. The minimum atomic E-state index is 0.717. The van der Waals surface area contributed by atoms with Crippen molar-refractivity contribution in [2.75, 3.05) is 12.8 Å². The van der Waals surface area contributed by atoms with E-state index in [9.17, 15) is 0 Å². The summed E-state index contributed by atoms with van der Waals surface area (Å²) in [7, 11) is 1.67. The number of nitrogen functional groups attached to an aromatic ring is 1. The van der Waals surface area contributed by atoms with Crippen molar-refractivity contribution >= 4 is 16.6 Å². The molecule has 0 spiro atoms. The Morgan fingerprint density at radius 3 is 2.36 bits per heavy atom. The van der Waals surface area contributed by atoms with Gasteiger partial charge >= 0.3 is 0 Å². The molecule has 3 nitrogen and oxygen atoms in total. The Kier molecular flexibility index (Phi) is 3.49. The summed E-state index contributed by atoms with van der Waals surface area (Å²) in [6.45, 7) is 6.21. The number of fused-ring (bicyclic) bond motifs is 1. The van der Waals surface area contributed by atoms with Crippen molar-refractivity contribution in [2.24, 2.45) is 0 Å². The molecule has 0 amide bonds. The monoisotopic (exact) mass is 292 g/mol. The van der Waals surface area contributed by atoms with Crippen LogP contribution in [-0.2, 0) is 0 Å². The minimum absolute atomic E-state index is 0.717. The van der Waals surface area contributed by atoms with E-state index < -0.39 is 0 Å². The van der Waals surface area contributed by atoms with Crippen LogP contribution >= 0.6 is 0 Å². The number of ether oxygens (including phenoxy) is 1. The van der Waals surface area contributed by atoms with Gasteiger partial charge in [0.15, 0.2) is 0 Å². The molecule has 0 aliphatic carbocycles. The van der Waals surface area contributed by atoms with E-state index in [0.29, 0.717) is 5.69 Å². The highest BCUT2D eigenvalue weighted by atomic mass is 16.5. The first-order valence-electron chi connectivity index (χ1n) is 7.32. The van der Waals surface area contributed by atoms with Crippen molar-refractivity contribution in [3.8, 4) is 17.0 Å². The molecule has 2 aromatic carbocycles. The number of nitrogens with two attached hydrogens (primary N) is 1. The van der Waals surface area contributed by atoms with Gasteiger partial charge in [-0.3, -0.25) is 0 Å². The van der Waals surface area contributed by atoms with Gasteiger partial charge in [-0.2, -0.15) is 0 Å². The van der Waals surface area contributed by atoms with Gasteiger partial charge in [-0.25, -0.2) is 4.98 Å². The van der Waals surface area contributed by atoms with Crippen molar-refractivity contribution in [1.29, 1.82) is 0 Å². The van der Waals surface area contributed by atoms with E-state index >= 15 is 0 Å². The van der Waals surface area contributed by atoms with Crippen LogP contribution in [0.25, 0.3) is 22.2 Å². The standard InChI is InChI=1S/C19H20N2O/c1-11-7-14-5-6-17(21-18(14)9-12(11)2)15-10-19(22-4)13(3)8-16(15)20/h5-10H,20H2,1-4H3. The maximum absolute atomic E-state index is 6.18. The van der Waals surface area contributed by atoms with Crippen molar-refractivity contribution < 1.29 is 4.74 Å². The second-order valence-electron chi connectivity index (χ2n) is 5.73. The lowest BCUT2D eigenvalue weighted by Gasteiger charge is -2.12. The lowest BCUT2D eigenvalue weighted by molar-refractivity contribution is 0.412. The first-order chi connectivity index (χ1) is 10.5. The Balaban J connectivity index is 2.20. The lowest BCUT2D eigenvalue weighted by atomic mass is 10.0. The lowest BCUT2D eigenvalue weighted by Crippen LogP contribution is -1.96. The van der Waals surface area contributed by atoms with E-state index in [-0.39, 0.29) is 0 Å². The number of aromatic nitrogens is 1. The van der Waals surface area contributed by atoms with Crippen LogP contribution in [0.2, 0.25) is 0 Å². The molecule has 0 unspecified atom stereocenters. The van der Waals surface area contributed by atoms with Crippen LogP contribution in [0.3, 0.4) is 0 Å². The van der Waals surface area contributed by atoms with E-state index in [2.05, 4.69) is 32.0 Å². The third kappa shape index (κ3) is 2.39. The molecular formula is C19H20N2O.